The quantitative estimate of drug-likeness (QED) is 0.560. The highest BCUT2D eigenvalue weighted by molar-refractivity contribution is 5.74. The summed E-state index contributed by atoms with van der Waals surface area (Å²) in [5.41, 5.74) is 6.17. The van der Waals surface area contributed by atoms with Crippen LogP contribution in [0.25, 0.3) is 5.57 Å². The number of ether oxygens (including phenoxy) is 3. The van der Waals surface area contributed by atoms with E-state index in [4.69, 9.17) is 14.2 Å². The number of benzene rings is 2. The van der Waals surface area contributed by atoms with E-state index in [-0.39, 0.29) is 0 Å². The van der Waals surface area contributed by atoms with E-state index in [2.05, 4.69) is 65.7 Å². The predicted octanol–water partition coefficient (Wildman–Crippen LogP) is 5.55. The Morgan fingerprint density at radius 2 is 1.62 bits per heavy atom. The van der Waals surface area contributed by atoms with Crippen molar-refractivity contribution in [3.63, 3.8) is 0 Å². The van der Waals surface area contributed by atoms with Crippen LogP contribution in [0.5, 0.6) is 17.2 Å². The number of nitrogens with zero attached hydrogens (tertiary/aromatic N) is 1. The van der Waals surface area contributed by atoms with Crippen LogP contribution in [0.1, 0.15) is 30.4 Å². The molecule has 0 spiro atoms. The Morgan fingerprint density at radius 1 is 0.941 bits per heavy atom. The Morgan fingerprint density at radius 3 is 2.24 bits per heavy atom. The van der Waals surface area contributed by atoms with E-state index in [1.807, 2.05) is 12.1 Å². The summed E-state index contributed by atoms with van der Waals surface area (Å²) in [5, 5.41) is 3.50. The molecule has 180 valence electrons. The predicted molar refractivity (Wildman–Crippen MR) is 140 cm³/mol. The first-order valence-electron chi connectivity index (χ1n) is 12.0. The van der Waals surface area contributed by atoms with E-state index >= 15 is 0 Å². The fourth-order valence-electron chi connectivity index (χ4n) is 4.77. The zero-order valence-electron chi connectivity index (χ0n) is 20.8. The van der Waals surface area contributed by atoms with Crippen LogP contribution in [0.15, 0.2) is 66.3 Å². The van der Waals surface area contributed by atoms with Crippen molar-refractivity contribution < 1.29 is 14.2 Å². The van der Waals surface area contributed by atoms with Crippen molar-refractivity contribution in [1.82, 2.24) is 5.32 Å². The van der Waals surface area contributed by atoms with E-state index in [1.165, 1.54) is 22.4 Å². The molecule has 2 aromatic rings. The van der Waals surface area contributed by atoms with Gasteiger partial charge >= 0.3 is 0 Å². The van der Waals surface area contributed by atoms with Crippen LogP contribution in [-0.4, -0.2) is 47.0 Å². The molecule has 4 rings (SSSR count). The number of rotatable bonds is 8. The molecule has 5 heteroatoms. The molecule has 34 heavy (non-hydrogen) atoms. The van der Waals surface area contributed by atoms with Gasteiger partial charge in [0.2, 0.25) is 5.75 Å². The molecule has 1 fully saturated rings. The lowest BCUT2D eigenvalue weighted by atomic mass is 9.98. The average Bonchev–Trinajstić information content (AvgIpc) is 3.13. The van der Waals surface area contributed by atoms with Gasteiger partial charge in [-0.15, -0.1) is 0 Å². The van der Waals surface area contributed by atoms with E-state index < -0.39 is 0 Å². The number of piperidine rings is 1. The monoisotopic (exact) mass is 460 g/mol. The average molecular weight is 461 g/mol. The highest BCUT2D eigenvalue weighted by Gasteiger charge is 2.23. The molecule has 0 unspecified atom stereocenters. The standard InChI is InChI=1S/C29H36N2O3/c1-21-9-11-25(12-10-21)31(26-13-15-30-16-14-26)20-22-7-5-6-8-23(17-22)24-18-27(32-2)29(34-4)28(19-24)33-3/h5-7,9-12,17-19,26,30H,8,13-16,20H2,1-4H3. The lowest BCUT2D eigenvalue weighted by Gasteiger charge is -2.37. The third-order valence-electron chi connectivity index (χ3n) is 6.65. The third-order valence-corrected chi connectivity index (χ3v) is 6.65. The van der Waals surface area contributed by atoms with Gasteiger partial charge in [-0.05, 0) is 80.3 Å². The van der Waals surface area contributed by atoms with E-state index in [1.54, 1.807) is 21.3 Å². The molecule has 0 radical (unpaired) electrons. The molecular weight excluding hydrogens is 424 g/mol. The van der Waals surface area contributed by atoms with Gasteiger partial charge in [-0.25, -0.2) is 0 Å². The van der Waals surface area contributed by atoms with Crippen LogP contribution in [0.3, 0.4) is 0 Å². The topological polar surface area (TPSA) is 43.0 Å². The number of methoxy groups -OCH3 is 3. The second kappa shape index (κ2) is 11.3. The van der Waals surface area contributed by atoms with Crippen LogP contribution in [-0.2, 0) is 0 Å². The molecule has 1 aliphatic carbocycles. The molecule has 0 amide bonds. The summed E-state index contributed by atoms with van der Waals surface area (Å²) in [5.74, 6) is 1.96. The minimum absolute atomic E-state index is 0.523. The molecular formula is C29H36N2O3. The first-order chi connectivity index (χ1) is 16.6. The van der Waals surface area contributed by atoms with Crippen molar-refractivity contribution in [2.24, 2.45) is 0 Å². The molecule has 2 aliphatic rings. The van der Waals surface area contributed by atoms with Gasteiger partial charge in [0.25, 0.3) is 0 Å². The number of hydrogen-bond donors (Lipinski definition) is 1. The summed E-state index contributed by atoms with van der Waals surface area (Å²) in [6.45, 7) is 5.15. The van der Waals surface area contributed by atoms with E-state index in [0.717, 1.165) is 44.5 Å². The molecule has 1 aliphatic heterocycles. The molecule has 2 aromatic carbocycles. The van der Waals surface area contributed by atoms with Crippen molar-refractivity contribution in [1.29, 1.82) is 0 Å². The second-order valence-corrected chi connectivity index (χ2v) is 8.90. The summed E-state index contributed by atoms with van der Waals surface area (Å²) >= 11 is 0. The number of hydrogen-bond acceptors (Lipinski definition) is 5. The smallest absolute Gasteiger partial charge is 0.203 e. The molecule has 0 aromatic heterocycles. The first kappa shape index (κ1) is 24.0. The summed E-state index contributed by atoms with van der Waals surface area (Å²) < 4.78 is 16.7. The van der Waals surface area contributed by atoms with Gasteiger partial charge < -0.3 is 24.4 Å². The molecule has 1 N–H and O–H groups in total. The van der Waals surface area contributed by atoms with Gasteiger partial charge in [-0.1, -0.05) is 42.0 Å². The van der Waals surface area contributed by atoms with Crippen molar-refractivity contribution >= 4 is 11.3 Å². The normalized spacial score (nSPS) is 16.4. The number of allylic oxidation sites excluding steroid dienone is 4. The Hall–Kier alpha value is -3.18. The van der Waals surface area contributed by atoms with Crippen LogP contribution in [0.4, 0.5) is 5.69 Å². The van der Waals surface area contributed by atoms with Gasteiger partial charge in [-0.2, -0.15) is 0 Å². The van der Waals surface area contributed by atoms with Gasteiger partial charge in [0.15, 0.2) is 11.5 Å². The minimum atomic E-state index is 0.523. The Labute approximate surface area is 203 Å². The summed E-state index contributed by atoms with van der Waals surface area (Å²) in [6, 6.07) is 13.5. The van der Waals surface area contributed by atoms with E-state index in [0.29, 0.717) is 23.3 Å². The van der Waals surface area contributed by atoms with Gasteiger partial charge in [0.1, 0.15) is 0 Å². The second-order valence-electron chi connectivity index (χ2n) is 8.90. The van der Waals surface area contributed by atoms with Gasteiger partial charge in [-0.3, -0.25) is 0 Å². The molecule has 0 saturated carbocycles. The lowest BCUT2D eigenvalue weighted by molar-refractivity contribution is 0.324. The molecule has 0 atom stereocenters. The molecule has 1 heterocycles. The van der Waals surface area contributed by atoms with Crippen molar-refractivity contribution in [3.05, 3.63) is 77.4 Å². The fraction of sp³-hybridized carbons (Fsp3) is 0.379. The molecule has 5 nitrogen and oxygen atoms in total. The number of aryl methyl sites for hydroxylation is 1. The summed E-state index contributed by atoms with van der Waals surface area (Å²) in [6.07, 6.45) is 12.1. The Balaban J connectivity index is 1.67. The molecule has 0 bridgehead atoms. The summed E-state index contributed by atoms with van der Waals surface area (Å²) in [7, 11) is 4.95. The third kappa shape index (κ3) is 5.48. The largest absolute Gasteiger partial charge is 0.493 e. The molecule has 1 saturated heterocycles. The fourth-order valence-corrected chi connectivity index (χ4v) is 4.77. The highest BCUT2D eigenvalue weighted by atomic mass is 16.5. The Kier molecular flexibility index (Phi) is 7.96. The van der Waals surface area contributed by atoms with Crippen LogP contribution >= 0.6 is 0 Å². The zero-order chi connectivity index (χ0) is 23.9. The van der Waals surface area contributed by atoms with Crippen molar-refractivity contribution in [2.45, 2.75) is 32.2 Å². The maximum Gasteiger partial charge on any atom is 0.203 e. The Bertz CT molecular complexity index is 1040. The maximum atomic E-state index is 5.60. The van der Waals surface area contributed by atoms with E-state index in [9.17, 15) is 0 Å². The van der Waals surface area contributed by atoms with Crippen molar-refractivity contribution in [3.8, 4) is 17.2 Å². The van der Waals surface area contributed by atoms with Crippen molar-refractivity contribution in [2.75, 3.05) is 45.9 Å². The zero-order valence-corrected chi connectivity index (χ0v) is 20.8. The van der Waals surface area contributed by atoms with Gasteiger partial charge in [0, 0.05) is 18.3 Å². The van der Waals surface area contributed by atoms with Crippen LogP contribution < -0.4 is 24.4 Å². The van der Waals surface area contributed by atoms with Gasteiger partial charge in [0.05, 0.1) is 21.3 Å². The highest BCUT2D eigenvalue weighted by Crippen LogP contribution is 2.41. The minimum Gasteiger partial charge on any atom is -0.493 e. The maximum absolute atomic E-state index is 5.60. The number of anilines is 1. The van der Waals surface area contributed by atoms with Crippen LogP contribution in [0.2, 0.25) is 0 Å². The number of nitrogens with one attached hydrogen (secondary N) is 1. The first-order valence-corrected chi connectivity index (χ1v) is 12.0. The lowest BCUT2D eigenvalue weighted by Crippen LogP contribution is -2.44. The SMILES string of the molecule is COc1cc(C2=CC(CN(c3ccc(C)cc3)C3CCNCC3)=CC=CC2)cc(OC)c1OC. The summed E-state index contributed by atoms with van der Waals surface area (Å²) in [4.78, 5) is 2.58. The van der Waals surface area contributed by atoms with Crippen LogP contribution in [0, 0.1) is 6.92 Å².